The van der Waals surface area contributed by atoms with E-state index in [1.54, 1.807) is 25.4 Å². The number of amides is 2. The summed E-state index contributed by atoms with van der Waals surface area (Å²) in [5.41, 5.74) is 1.58. The number of para-hydroxylation sites is 1. The predicted molar refractivity (Wildman–Crippen MR) is 114 cm³/mol. The van der Waals surface area contributed by atoms with E-state index in [-0.39, 0.29) is 17.9 Å². The largest absolute Gasteiger partial charge is 0.496 e. The number of ether oxygens (including phenoxy) is 1. The molecule has 0 atom stereocenters. The first-order chi connectivity index (χ1) is 14.7. The van der Waals surface area contributed by atoms with E-state index in [2.05, 4.69) is 14.9 Å². The third kappa shape index (κ3) is 4.30. The SMILES string of the molecule is COc1ccccc1C(=O)NC1CCN(C(=O)CCn2ccc3ccncc32)CC1. The van der Waals surface area contributed by atoms with E-state index in [4.69, 9.17) is 4.74 Å². The summed E-state index contributed by atoms with van der Waals surface area (Å²) in [5.74, 6) is 0.580. The van der Waals surface area contributed by atoms with Crippen LogP contribution in [-0.4, -0.2) is 52.5 Å². The number of carbonyl (C=O) groups excluding carboxylic acids is 2. The molecule has 3 aromatic rings. The van der Waals surface area contributed by atoms with Crippen molar-refractivity contribution < 1.29 is 14.3 Å². The number of pyridine rings is 1. The molecule has 0 bridgehead atoms. The van der Waals surface area contributed by atoms with E-state index < -0.39 is 0 Å². The lowest BCUT2D eigenvalue weighted by Gasteiger charge is -2.32. The fourth-order valence-electron chi connectivity index (χ4n) is 3.97. The highest BCUT2D eigenvalue weighted by atomic mass is 16.5. The Balaban J connectivity index is 1.27. The number of hydrogen-bond acceptors (Lipinski definition) is 4. The van der Waals surface area contributed by atoms with Crippen LogP contribution in [0.25, 0.3) is 10.9 Å². The van der Waals surface area contributed by atoms with Crippen molar-refractivity contribution in [3.8, 4) is 5.75 Å². The molecule has 1 N–H and O–H groups in total. The fourth-order valence-corrected chi connectivity index (χ4v) is 3.97. The number of nitrogens with zero attached hydrogens (tertiary/aromatic N) is 3. The molecule has 7 heteroatoms. The van der Waals surface area contributed by atoms with Gasteiger partial charge in [0.05, 0.1) is 24.4 Å². The molecule has 0 unspecified atom stereocenters. The maximum absolute atomic E-state index is 12.7. The number of carbonyl (C=O) groups is 2. The van der Waals surface area contributed by atoms with Crippen LogP contribution in [0.1, 0.15) is 29.6 Å². The molecule has 0 aliphatic carbocycles. The molecule has 156 valence electrons. The van der Waals surface area contributed by atoms with Gasteiger partial charge < -0.3 is 19.5 Å². The van der Waals surface area contributed by atoms with Crippen molar-refractivity contribution in [2.75, 3.05) is 20.2 Å². The molecule has 4 rings (SSSR count). The number of aryl methyl sites for hydroxylation is 1. The first-order valence-electron chi connectivity index (χ1n) is 10.3. The van der Waals surface area contributed by atoms with Gasteiger partial charge >= 0.3 is 0 Å². The van der Waals surface area contributed by atoms with Crippen molar-refractivity contribution in [2.24, 2.45) is 0 Å². The zero-order chi connectivity index (χ0) is 20.9. The summed E-state index contributed by atoms with van der Waals surface area (Å²) >= 11 is 0. The second-order valence-corrected chi connectivity index (χ2v) is 7.52. The van der Waals surface area contributed by atoms with Crippen molar-refractivity contribution in [1.82, 2.24) is 19.8 Å². The average Bonchev–Trinajstić information content (AvgIpc) is 3.21. The zero-order valence-electron chi connectivity index (χ0n) is 17.1. The Kier molecular flexibility index (Phi) is 5.97. The van der Waals surface area contributed by atoms with Gasteiger partial charge in [-0.15, -0.1) is 0 Å². The number of aromatic nitrogens is 2. The van der Waals surface area contributed by atoms with E-state index in [1.807, 2.05) is 41.6 Å². The van der Waals surface area contributed by atoms with Crippen molar-refractivity contribution in [3.63, 3.8) is 0 Å². The lowest BCUT2D eigenvalue weighted by Crippen LogP contribution is -2.46. The van der Waals surface area contributed by atoms with Crippen molar-refractivity contribution in [1.29, 1.82) is 0 Å². The molecule has 2 amide bonds. The zero-order valence-corrected chi connectivity index (χ0v) is 17.1. The van der Waals surface area contributed by atoms with Crippen LogP contribution in [0, 0.1) is 0 Å². The van der Waals surface area contributed by atoms with E-state index in [0.717, 1.165) is 23.7 Å². The number of rotatable bonds is 6. The van der Waals surface area contributed by atoms with Crippen LogP contribution in [0.2, 0.25) is 0 Å². The maximum Gasteiger partial charge on any atom is 0.255 e. The molecule has 1 aliphatic heterocycles. The van der Waals surface area contributed by atoms with Crippen LogP contribution < -0.4 is 10.1 Å². The number of likely N-dealkylation sites (tertiary alicyclic amines) is 1. The van der Waals surface area contributed by atoms with Gasteiger partial charge in [-0.3, -0.25) is 14.6 Å². The maximum atomic E-state index is 12.7. The molecule has 0 spiro atoms. The summed E-state index contributed by atoms with van der Waals surface area (Å²) in [5, 5.41) is 4.20. The molecule has 0 saturated carbocycles. The van der Waals surface area contributed by atoms with E-state index >= 15 is 0 Å². The highest BCUT2D eigenvalue weighted by molar-refractivity contribution is 5.97. The summed E-state index contributed by atoms with van der Waals surface area (Å²) in [6, 6.07) is 11.3. The number of hydrogen-bond donors (Lipinski definition) is 1. The summed E-state index contributed by atoms with van der Waals surface area (Å²) < 4.78 is 7.34. The minimum absolute atomic E-state index is 0.0610. The Bertz CT molecular complexity index is 1040. The van der Waals surface area contributed by atoms with Gasteiger partial charge in [0, 0.05) is 49.9 Å². The lowest BCUT2D eigenvalue weighted by molar-refractivity contribution is -0.132. The van der Waals surface area contributed by atoms with Crippen LogP contribution >= 0.6 is 0 Å². The van der Waals surface area contributed by atoms with Crippen LogP contribution in [0.4, 0.5) is 0 Å². The summed E-state index contributed by atoms with van der Waals surface area (Å²) in [7, 11) is 1.56. The molecular formula is C23H26N4O3. The number of nitrogens with one attached hydrogen (secondary N) is 1. The van der Waals surface area contributed by atoms with Gasteiger partial charge in [-0.2, -0.15) is 0 Å². The third-order valence-corrected chi connectivity index (χ3v) is 5.68. The first-order valence-corrected chi connectivity index (χ1v) is 10.3. The van der Waals surface area contributed by atoms with Crippen molar-refractivity contribution >= 4 is 22.7 Å². The van der Waals surface area contributed by atoms with Crippen LogP contribution in [0.15, 0.2) is 55.0 Å². The van der Waals surface area contributed by atoms with E-state index in [9.17, 15) is 9.59 Å². The van der Waals surface area contributed by atoms with Crippen LogP contribution in [0.5, 0.6) is 5.75 Å². The Labute approximate surface area is 175 Å². The number of piperidine rings is 1. The molecule has 1 aromatic carbocycles. The van der Waals surface area contributed by atoms with Crippen LogP contribution in [0.3, 0.4) is 0 Å². The topological polar surface area (TPSA) is 76.5 Å². The summed E-state index contributed by atoms with van der Waals surface area (Å²) in [4.78, 5) is 31.3. The van der Waals surface area contributed by atoms with Gasteiger partial charge in [-0.1, -0.05) is 12.1 Å². The molecule has 3 heterocycles. The highest BCUT2D eigenvalue weighted by Gasteiger charge is 2.24. The molecule has 1 saturated heterocycles. The second kappa shape index (κ2) is 8.98. The predicted octanol–water partition coefficient (Wildman–Crippen LogP) is 2.86. The monoisotopic (exact) mass is 406 g/mol. The molecule has 2 aromatic heterocycles. The van der Waals surface area contributed by atoms with Gasteiger partial charge in [0.15, 0.2) is 0 Å². The van der Waals surface area contributed by atoms with Gasteiger partial charge in [0.1, 0.15) is 5.75 Å². The number of methoxy groups -OCH3 is 1. The van der Waals surface area contributed by atoms with Gasteiger partial charge in [-0.25, -0.2) is 0 Å². The minimum atomic E-state index is -0.134. The number of fused-ring (bicyclic) bond motifs is 1. The smallest absolute Gasteiger partial charge is 0.255 e. The van der Waals surface area contributed by atoms with Gasteiger partial charge in [0.2, 0.25) is 5.91 Å². The average molecular weight is 406 g/mol. The van der Waals surface area contributed by atoms with Gasteiger partial charge in [-0.05, 0) is 37.1 Å². The standard InChI is InChI=1S/C23H26N4O3/c1-30-21-5-3-2-4-19(21)23(29)25-18-8-13-27(14-9-18)22(28)10-15-26-12-7-17-6-11-24-16-20(17)26/h2-7,11-12,16,18H,8-10,13-15H2,1H3,(H,25,29). The number of benzene rings is 1. The minimum Gasteiger partial charge on any atom is -0.496 e. The second-order valence-electron chi connectivity index (χ2n) is 7.52. The Morgan fingerprint density at radius 2 is 1.97 bits per heavy atom. The summed E-state index contributed by atoms with van der Waals surface area (Å²) in [6.45, 7) is 1.95. The molecule has 0 radical (unpaired) electrons. The van der Waals surface area contributed by atoms with E-state index in [0.29, 0.717) is 37.4 Å². The van der Waals surface area contributed by atoms with Gasteiger partial charge in [0.25, 0.3) is 5.91 Å². The Morgan fingerprint density at radius 1 is 1.17 bits per heavy atom. The lowest BCUT2D eigenvalue weighted by atomic mass is 10.0. The molecule has 1 aliphatic rings. The van der Waals surface area contributed by atoms with Crippen molar-refractivity contribution in [3.05, 3.63) is 60.6 Å². The highest BCUT2D eigenvalue weighted by Crippen LogP contribution is 2.19. The fraction of sp³-hybridized carbons (Fsp3) is 0.348. The third-order valence-electron chi connectivity index (χ3n) is 5.68. The van der Waals surface area contributed by atoms with E-state index in [1.165, 1.54) is 0 Å². The molecule has 1 fully saturated rings. The van der Waals surface area contributed by atoms with Crippen LogP contribution in [-0.2, 0) is 11.3 Å². The normalized spacial score (nSPS) is 14.6. The van der Waals surface area contributed by atoms with Crippen molar-refractivity contribution in [2.45, 2.75) is 31.8 Å². The molecule has 30 heavy (non-hydrogen) atoms. The Morgan fingerprint density at radius 3 is 2.77 bits per heavy atom. The summed E-state index contributed by atoms with van der Waals surface area (Å²) in [6.07, 6.45) is 7.56. The molecular weight excluding hydrogens is 380 g/mol. The first kappa shape index (κ1) is 19.9. The molecule has 7 nitrogen and oxygen atoms in total. The Hall–Kier alpha value is -3.35. The quantitative estimate of drug-likeness (QED) is 0.683.